The number of hydrogen-bond acceptors (Lipinski definition) is 4. The third kappa shape index (κ3) is 3.50. The van der Waals surface area contributed by atoms with Gasteiger partial charge in [-0.15, -0.1) is 0 Å². The van der Waals surface area contributed by atoms with Crippen LogP contribution in [0.15, 0.2) is 58.2 Å². The molecule has 0 aliphatic rings. The molecule has 0 radical (unpaired) electrons. The average Bonchev–Trinajstić information content (AvgIpc) is 2.67. The molecule has 142 valence electrons. The zero-order valence-corrected chi connectivity index (χ0v) is 16.8. The van der Waals surface area contributed by atoms with E-state index in [4.69, 9.17) is 11.6 Å². The van der Waals surface area contributed by atoms with Gasteiger partial charge in [-0.1, -0.05) is 29.8 Å². The minimum Gasteiger partial charge on any atom is -0.295 e. The Morgan fingerprint density at radius 2 is 1.85 bits per heavy atom. The topological polar surface area (TPSA) is 72.3 Å². The Labute approximate surface area is 163 Å². The van der Waals surface area contributed by atoms with Crippen LogP contribution in [0, 0.1) is 0 Å². The number of aromatic nitrogens is 2. The summed E-state index contributed by atoms with van der Waals surface area (Å²) in [6.07, 6.45) is 0. The number of sulfonamides is 1. The summed E-state index contributed by atoms with van der Waals surface area (Å²) in [5.41, 5.74) is 0.232. The van der Waals surface area contributed by atoms with Crippen LogP contribution in [0.3, 0.4) is 0 Å². The fourth-order valence-corrected chi connectivity index (χ4v) is 4.48. The summed E-state index contributed by atoms with van der Waals surface area (Å²) in [6, 6.07) is 12.4. The predicted octanol–water partition coefficient (Wildman–Crippen LogP) is 3.45. The monoisotopic (exact) mass is 405 g/mol. The molecule has 0 unspecified atom stereocenters. The first-order valence-corrected chi connectivity index (χ1v) is 10.3. The second-order valence-corrected chi connectivity index (χ2v) is 8.63. The van der Waals surface area contributed by atoms with Crippen LogP contribution in [-0.4, -0.2) is 29.3 Å². The molecule has 0 saturated heterocycles. The highest BCUT2D eigenvalue weighted by molar-refractivity contribution is 7.89. The van der Waals surface area contributed by atoms with Gasteiger partial charge in [-0.05, 0) is 44.2 Å². The van der Waals surface area contributed by atoms with Gasteiger partial charge in [0.05, 0.1) is 21.8 Å². The molecule has 3 aromatic rings. The van der Waals surface area contributed by atoms with E-state index in [1.165, 1.54) is 15.9 Å². The molecule has 3 rings (SSSR count). The average molecular weight is 406 g/mol. The quantitative estimate of drug-likeness (QED) is 0.651. The predicted molar refractivity (Wildman–Crippen MR) is 106 cm³/mol. The van der Waals surface area contributed by atoms with Crippen molar-refractivity contribution in [2.75, 3.05) is 7.05 Å². The zero-order chi connectivity index (χ0) is 19.8. The van der Waals surface area contributed by atoms with Gasteiger partial charge >= 0.3 is 0 Å². The molecule has 1 atom stereocenters. The van der Waals surface area contributed by atoms with Crippen molar-refractivity contribution in [1.29, 1.82) is 0 Å². The van der Waals surface area contributed by atoms with Crippen molar-refractivity contribution in [2.24, 2.45) is 0 Å². The van der Waals surface area contributed by atoms with Gasteiger partial charge in [-0.2, -0.15) is 4.31 Å². The number of nitrogens with zero attached hydrogens (tertiary/aromatic N) is 3. The van der Waals surface area contributed by atoms with Gasteiger partial charge in [0.15, 0.2) is 0 Å². The first-order valence-electron chi connectivity index (χ1n) is 8.50. The van der Waals surface area contributed by atoms with Crippen LogP contribution in [0.2, 0.25) is 5.02 Å². The fourth-order valence-electron chi connectivity index (χ4n) is 2.97. The van der Waals surface area contributed by atoms with E-state index in [2.05, 4.69) is 4.98 Å². The summed E-state index contributed by atoms with van der Waals surface area (Å²) in [6.45, 7) is 3.92. The van der Waals surface area contributed by atoms with Crippen LogP contribution in [0.1, 0.15) is 25.7 Å². The number of halogens is 1. The molecule has 0 amide bonds. The number of hydrogen-bond donors (Lipinski definition) is 0. The Kier molecular flexibility index (Phi) is 5.37. The van der Waals surface area contributed by atoms with Crippen LogP contribution in [-0.2, 0) is 16.6 Å². The SMILES string of the molecule is CCn1c([C@H](C)N(C)S(=O)(=O)c2ccccc2)nc2cc(Cl)ccc2c1=O. The standard InChI is InChI=1S/C19H20ClN3O3S/c1-4-23-18(21-17-12-14(20)10-11-16(17)19(23)24)13(2)22(3)27(25,26)15-8-6-5-7-9-15/h5-13H,4H2,1-3H3/t13-/m0/s1. The number of rotatable bonds is 5. The van der Waals surface area contributed by atoms with E-state index in [0.29, 0.717) is 28.3 Å². The Morgan fingerprint density at radius 3 is 2.48 bits per heavy atom. The minimum atomic E-state index is -3.73. The van der Waals surface area contributed by atoms with E-state index in [1.54, 1.807) is 55.5 Å². The third-order valence-corrected chi connectivity index (χ3v) is 6.78. The summed E-state index contributed by atoms with van der Waals surface area (Å²) < 4.78 is 28.6. The fraction of sp³-hybridized carbons (Fsp3) is 0.263. The smallest absolute Gasteiger partial charge is 0.261 e. The van der Waals surface area contributed by atoms with Crippen molar-refractivity contribution < 1.29 is 8.42 Å². The van der Waals surface area contributed by atoms with Crippen molar-refractivity contribution in [1.82, 2.24) is 13.9 Å². The van der Waals surface area contributed by atoms with E-state index >= 15 is 0 Å². The highest BCUT2D eigenvalue weighted by Crippen LogP contribution is 2.25. The summed E-state index contributed by atoms with van der Waals surface area (Å²) >= 11 is 6.04. The molecule has 2 aromatic carbocycles. The van der Waals surface area contributed by atoms with E-state index in [9.17, 15) is 13.2 Å². The maximum absolute atomic E-state index is 12.9. The summed E-state index contributed by atoms with van der Waals surface area (Å²) in [5, 5.41) is 0.915. The lowest BCUT2D eigenvalue weighted by atomic mass is 10.2. The second-order valence-electron chi connectivity index (χ2n) is 6.19. The molecule has 0 aliphatic carbocycles. The van der Waals surface area contributed by atoms with Crippen LogP contribution in [0.5, 0.6) is 0 Å². The van der Waals surface area contributed by atoms with E-state index in [1.807, 2.05) is 6.92 Å². The van der Waals surface area contributed by atoms with Crippen molar-refractivity contribution >= 4 is 32.5 Å². The van der Waals surface area contributed by atoms with Crippen LogP contribution >= 0.6 is 11.6 Å². The molecular weight excluding hydrogens is 386 g/mol. The van der Waals surface area contributed by atoms with Gasteiger partial charge in [-0.25, -0.2) is 13.4 Å². The molecule has 0 N–H and O–H groups in total. The third-order valence-electron chi connectivity index (χ3n) is 4.60. The largest absolute Gasteiger partial charge is 0.295 e. The molecule has 8 heteroatoms. The molecule has 0 aliphatic heterocycles. The molecule has 1 heterocycles. The Balaban J connectivity index is 2.15. The Morgan fingerprint density at radius 1 is 1.19 bits per heavy atom. The summed E-state index contributed by atoms with van der Waals surface area (Å²) in [5.74, 6) is 0.374. The zero-order valence-electron chi connectivity index (χ0n) is 15.3. The summed E-state index contributed by atoms with van der Waals surface area (Å²) in [4.78, 5) is 17.6. The minimum absolute atomic E-state index is 0.188. The van der Waals surface area contributed by atoms with Crippen LogP contribution in [0.25, 0.3) is 10.9 Å². The highest BCUT2D eigenvalue weighted by atomic mass is 35.5. The van der Waals surface area contributed by atoms with Gasteiger partial charge in [0.25, 0.3) is 5.56 Å². The van der Waals surface area contributed by atoms with Gasteiger partial charge < -0.3 is 0 Å². The molecule has 0 bridgehead atoms. The maximum atomic E-state index is 12.9. The Hall–Kier alpha value is -2.22. The van der Waals surface area contributed by atoms with Gasteiger partial charge in [0.2, 0.25) is 10.0 Å². The van der Waals surface area contributed by atoms with Crippen LogP contribution in [0.4, 0.5) is 0 Å². The van der Waals surface area contributed by atoms with E-state index < -0.39 is 16.1 Å². The van der Waals surface area contributed by atoms with Crippen molar-refractivity contribution in [3.63, 3.8) is 0 Å². The molecular formula is C19H20ClN3O3S. The van der Waals surface area contributed by atoms with Crippen LogP contribution < -0.4 is 5.56 Å². The lowest BCUT2D eigenvalue weighted by Crippen LogP contribution is -2.35. The first-order chi connectivity index (χ1) is 12.8. The molecule has 0 fully saturated rings. The molecule has 0 spiro atoms. The molecule has 1 aromatic heterocycles. The highest BCUT2D eigenvalue weighted by Gasteiger charge is 2.29. The maximum Gasteiger partial charge on any atom is 0.261 e. The molecule has 0 saturated carbocycles. The van der Waals surface area contributed by atoms with Gasteiger partial charge in [0.1, 0.15) is 5.82 Å². The van der Waals surface area contributed by atoms with Crippen molar-refractivity contribution in [3.05, 3.63) is 69.7 Å². The van der Waals surface area contributed by atoms with Crippen molar-refractivity contribution in [2.45, 2.75) is 31.3 Å². The number of fused-ring (bicyclic) bond motifs is 1. The lowest BCUT2D eigenvalue weighted by molar-refractivity contribution is 0.370. The lowest BCUT2D eigenvalue weighted by Gasteiger charge is -2.26. The second kappa shape index (κ2) is 7.42. The first kappa shape index (κ1) is 19.5. The molecule has 27 heavy (non-hydrogen) atoms. The van der Waals surface area contributed by atoms with Crippen molar-refractivity contribution in [3.8, 4) is 0 Å². The van der Waals surface area contributed by atoms with E-state index in [0.717, 1.165) is 0 Å². The normalized spacial score (nSPS) is 13.2. The van der Waals surface area contributed by atoms with Gasteiger partial charge in [-0.3, -0.25) is 9.36 Å². The number of benzene rings is 2. The summed E-state index contributed by atoms with van der Waals surface area (Å²) in [7, 11) is -2.25. The van der Waals surface area contributed by atoms with Gasteiger partial charge in [0, 0.05) is 18.6 Å². The molecule has 6 nitrogen and oxygen atoms in total. The van der Waals surface area contributed by atoms with E-state index in [-0.39, 0.29) is 10.5 Å². The Bertz CT molecular complexity index is 1140.